The first kappa shape index (κ1) is 20.0. The molecule has 2 aromatic heterocycles. The Hall–Kier alpha value is -1.98. The van der Waals surface area contributed by atoms with Gasteiger partial charge in [-0.2, -0.15) is 15.6 Å². The summed E-state index contributed by atoms with van der Waals surface area (Å²) >= 11 is 3.32. The maximum Gasteiger partial charge on any atom is 0.243 e. The van der Waals surface area contributed by atoms with E-state index in [2.05, 4.69) is 27.1 Å². The monoisotopic (exact) mass is 463 g/mol. The molecular formula is C20H21N3O4S3. The molecule has 1 saturated heterocycles. The van der Waals surface area contributed by atoms with E-state index >= 15 is 0 Å². The van der Waals surface area contributed by atoms with Crippen molar-refractivity contribution in [3.8, 4) is 22.1 Å². The topological polar surface area (TPSA) is 72.0 Å². The van der Waals surface area contributed by atoms with Crippen LogP contribution in [0.4, 0.5) is 0 Å². The third-order valence-electron chi connectivity index (χ3n) is 5.19. The summed E-state index contributed by atoms with van der Waals surface area (Å²) in [6.07, 6.45) is 0. The quantitative estimate of drug-likeness (QED) is 0.579. The number of benzene rings is 1. The lowest BCUT2D eigenvalue weighted by Crippen LogP contribution is -2.48. The van der Waals surface area contributed by atoms with Crippen LogP contribution >= 0.6 is 22.7 Å². The number of fused-ring (bicyclic) bond motifs is 1. The summed E-state index contributed by atoms with van der Waals surface area (Å²) in [5.41, 5.74) is 2.19. The maximum atomic E-state index is 13.1. The van der Waals surface area contributed by atoms with Crippen LogP contribution in [0.2, 0.25) is 0 Å². The minimum atomic E-state index is -3.56. The van der Waals surface area contributed by atoms with Gasteiger partial charge in [-0.05, 0) is 23.6 Å². The van der Waals surface area contributed by atoms with Crippen molar-refractivity contribution in [1.29, 1.82) is 0 Å². The highest BCUT2D eigenvalue weighted by Gasteiger charge is 2.30. The molecule has 2 aliphatic heterocycles. The van der Waals surface area contributed by atoms with Gasteiger partial charge in [0.05, 0.1) is 10.6 Å². The summed E-state index contributed by atoms with van der Waals surface area (Å²) in [5, 5.41) is 7.28. The largest absolute Gasteiger partial charge is 0.486 e. The smallest absolute Gasteiger partial charge is 0.243 e. The highest BCUT2D eigenvalue weighted by molar-refractivity contribution is 7.89. The molecule has 0 bridgehead atoms. The standard InChI is InChI=1S/C20H21N3O4S3/c24-30(25,17-1-2-18-19(11-17)27-9-8-26-18)23-6-4-22(5-7-23)12-16-14-29-20(21-16)15-3-10-28-13-15/h1-3,10-11,13-14H,4-9,12H2. The first-order valence-corrected chi connectivity index (χ1v) is 12.9. The van der Waals surface area contributed by atoms with Gasteiger partial charge in [0.25, 0.3) is 0 Å². The number of nitrogens with zero attached hydrogens (tertiary/aromatic N) is 3. The number of rotatable bonds is 5. The summed E-state index contributed by atoms with van der Waals surface area (Å²) in [6, 6.07) is 6.91. The molecule has 7 nitrogen and oxygen atoms in total. The van der Waals surface area contributed by atoms with Crippen molar-refractivity contribution < 1.29 is 17.9 Å². The van der Waals surface area contributed by atoms with Crippen molar-refractivity contribution in [2.75, 3.05) is 39.4 Å². The van der Waals surface area contributed by atoms with Crippen LogP contribution in [0.1, 0.15) is 5.69 Å². The molecule has 0 radical (unpaired) electrons. The van der Waals surface area contributed by atoms with Crippen molar-refractivity contribution in [1.82, 2.24) is 14.2 Å². The predicted octanol–water partition coefficient (Wildman–Crippen LogP) is 3.15. The van der Waals surface area contributed by atoms with Crippen molar-refractivity contribution in [3.63, 3.8) is 0 Å². The van der Waals surface area contributed by atoms with Crippen LogP contribution < -0.4 is 9.47 Å². The molecule has 1 fully saturated rings. The van der Waals surface area contributed by atoms with Gasteiger partial charge in [0.1, 0.15) is 18.2 Å². The van der Waals surface area contributed by atoms with E-state index in [1.54, 1.807) is 45.2 Å². The van der Waals surface area contributed by atoms with Gasteiger partial charge in [-0.1, -0.05) is 0 Å². The normalized spacial score (nSPS) is 17.9. The Bertz CT molecular complexity index is 1120. The van der Waals surface area contributed by atoms with E-state index < -0.39 is 10.0 Å². The fourth-order valence-electron chi connectivity index (χ4n) is 3.59. The van der Waals surface area contributed by atoms with Crippen molar-refractivity contribution in [2.24, 2.45) is 0 Å². The Kier molecular flexibility index (Phi) is 5.50. The molecule has 0 aliphatic carbocycles. The molecular weight excluding hydrogens is 442 g/mol. The molecule has 30 heavy (non-hydrogen) atoms. The lowest BCUT2D eigenvalue weighted by atomic mass is 10.3. The van der Waals surface area contributed by atoms with Crippen LogP contribution in [0.25, 0.3) is 10.6 Å². The van der Waals surface area contributed by atoms with Gasteiger partial charge in [0.15, 0.2) is 11.5 Å². The Morgan fingerprint density at radius 2 is 1.80 bits per heavy atom. The number of thiophene rings is 1. The maximum absolute atomic E-state index is 13.1. The molecule has 0 unspecified atom stereocenters. The fraction of sp³-hybridized carbons (Fsp3) is 0.350. The molecule has 0 spiro atoms. The number of thiazole rings is 1. The molecule has 5 rings (SSSR count). The third-order valence-corrected chi connectivity index (χ3v) is 8.71. The van der Waals surface area contributed by atoms with E-state index in [1.165, 1.54) is 0 Å². The fourth-order valence-corrected chi connectivity index (χ4v) is 6.55. The number of hydrogen-bond donors (Lipinski definition) is 0. The van der Waals surface area contributed by atoms with Gasteiger partial charge in [-0.25, -0.2) is 13.4 Å². The van der Waals surface area contributed by atoms with Crippen molar-refractivity contribution >= 4 is 32.7 Å². The molecule has 0 atom stereocenters. The van der Waals surface area contributed by atoms with Gasteiger partial charge in [0, 0.05) is 55.1 Å². The van der Waals surface area contributed by atoms with E-state index in [4.69, 9.17) is 14.5 Å². The summed E-state index contributed by atoms with van der Waals surface area (Å²) in [6.45, 7) is 3.91. The van der Waals surface area contributed by atoms with Crippen LogP contribution in [0.15, 0.2) is 45.3 Å². The van der Waals surface area contributed by atoms with E-state index in [0.29, 0.717) is 50.9 Å². The number of ether oxygens (including phenoxy) is 2. The summed E-state index contributed by atoms with van der Waals surface area (Å²) in [4.78, 5) is 7.23. The average molecular weight is 464 g/mol. The second kappa shape index (κ2) is 8.27. The van der Waals surface area contributed by atoms with Gasteiger partial charge in [-0.3, -0.25) is 4.90 Å². The third kappa shape index (κ3) is 3.97. The van der Waals surface area contributed by atoms with Gasteiger partial charge in [0.2, 0.25) is 10.0 Å². The zero-order chi connectivity index (χ0) is 20.6. The summed E-state index contributed by atoms with van der Waals surface area (Å²) in [7, 11) is -3.56. The number of aromatic nitrogens is 1. The molecule has 1 aromatic carbocycles. The minimum absolute atomic E-state index is 0.250. The van der Waals surface area contributed by atoms with E-state index in [0.717, 1.165) is 22.8 Å². The molecule has 0 N–H and O–H groups in total. The van der Waals surface area contributed by atoms with Gasteiger partial charge >= 0.3 is 0 Å². The zero-order valence-electron chi connectivity index (χ0n) is 16.2. The second-order valence-corrected chi connectivity index (χ2v) is 10.7. The minimum Gasteiger partial charge on any atom is -0.486 e. The predicted molar refractivity (Wildman–Crippen MR) is 117 cm³/mol. The first-order chi connectivity index (χ1) is 14.6. The molecule has 3 aromatic rings. The van der Waals surface area contributed by atoms with Crippen LogP contribution in [-0.4, -0.2) is 62.0 Å². The Labute approximate surface area is 183 Å². The average Bonchev–Trinajstić information content (AvgIpc) is 3.46. The summed E-state index contributed by atoms with van der Waals surface area (Å²) in [5.74, 6) is 1.08. The number of piperazine rings is 1. The number of hydrogen-bond acceptors (Lipinski definition) is 8. The van der Waals surface area contributed by atoms with Crippen LogP contribution in [0.5, 0.6) is 11.5 Å². The molecule has 0 amide bonds. The van der Waals surface area contributed by atoms with E-state index in [-0.39, 0.29) is 4.90 Å². The number of sulfonamides is 1. The highest BCUT2D eigenvalue weighted by Crippen LogP contribution is 2.33. The Morgan fingerprint density at radius 1 is 1.00 bits per heavy atom. The second-order valence-electron chi connectivity index (χ2n) is 7.14. The van der Waals surface area contributed by atoms with Crippen molar-refractivity contribution in [3.05, 3.63) is 46.1 Å². The van der Waals surface area contributed by atoms with E-state index in [1.807, 2.05) is 0 Å². The lowest BCUT2D eigenvalue weighted by Gasteiger charge is -2.33. The Balaban J connectivity index is 1.22. The van der Waals surface area contributed by atoms with Crippen LogP contribution in [0.3, 0.4) is 0 Å². The summed E-state index contributed by atoms with van der Waals surface area (Å²) < 4.78 is 38.7. The molecule has 0 saturated carbocycles. The van der Waals surface area contributed by atoms with Gasteiger partial charge in [-0.15, -0.1) is 11.3 Å². The SMILES string of the molecule is O=S(=O)(c1ccc2c(c1)OCCO2)N1CCN(Cc2csc(-c3ccsc3)n2)CC1. The van der Waals surface area contributed by atoms with E-state index in [9.17, 15) is 8.42 Å². The zero-order valence-corrected chi connectivity index (χ0v) is 18.6. The highest BCUT2D eigenvalue weighted by atomic mass is 32.2. The Morgan fingerprint density at radius 3 is 2.57 bits per heavy atom. The molecule has 158 valence electrons. The van der Waals surface area contributed by atoms with Crippen LogP contribution in [-0.2, 0) is 16.6 Å². The van der Waals surface area contributed by atoms with Crippen LogP contribution in [0, 0.1) is 0 Å². The van der Waals surface area contributed by atoms with Gasteiger partial charge < -0.3 is 9.47 Å². The molecule has 2 aliphatic rings. The lowest BCUT2D eigenvalue weighted by molar-refractivity contribution is 0.170. The molecule has 4 heterocycles. The first-order valence-electron chi connectivity index (χ1n) is 9.69. The van der Waals surface area contributed by atoms with Crippen molar-refractivity contribution in [2.45, 2.75) is 11.4 Å². The molecule has 10 heteroatoms.